The number of rotatable bonds is 9. The van der Waals surface area contributed by atoms with E-state index < -0.39 is 35.4 Å². The van der Waals surface area contributed by atoms with Gasteiger partial charge in [0.05, 0.1) is 24.3 Å². The maximum absolute atomic E-state index is 12.3. The molecule has 0 radical (unpaired) electrons. The van der Waals surface area contributed by atoms with E-state index in [0.717, 1.165) is 12.2 Å². The average Bonchev–Trinajstić information content (AvgIpc) is 2.81. The average molecular weight is 438 g/mol. The molecule has 8 nitrogen and oxygen atoms in total. The molecule has 0 bridgehead atoms. The topological polar surface area (TPSA) is 105 Å². The fraction of sp³-hybridized carbons (Fsp3) is 0.167. The number of hydrogen-bond donors (Lipinski definition) is 0. The number of benzene rings is 2. The van der Waals surface area contributed by atoms with Gasteiger partial charge in [0, 0.05) is 0 Å². The van der Waals surface area contributed by atoms with E-state index in [4.69, 9.17) is 18.9 Å². The summed E-state index contributed by atoms with van der Waals surface area (Å²) >= 11 is 0. The molecule has 0 saturated heterocycles. The standard InChI is InChI=1S/C24H22O8/c1-3-29-23(27)19(31-21(25)17-11-7-5-8-12-17)15-16-20(24(28)30-4-2)32-22(26)18-13-9-6-10-14-18/h5-16H,3-4H2,1-2H3/b19-15-,20-16+. The van der Waals surface area contributed by atoms with Gasteiger partial charge in [-0.15, -0.1) is 0 Å². The first-order chi connectivity index (χ1) is 15.5. The zero-order valence-electron chi connectivity index (χ0n) is 17.6. The van der Waals surface area contributed by atoms with Crippen LogP contribution in [-0.4, -0.2) is 37.1 Å². The Hall–Kier alpha value is -4.20. The van der Waals surface area contributed by atoms with Crippen LogP contribution >= 0.6 is 0 Å². The second-order valence-electron chi connectivity index (χ2n) is 6.01. The molecule has 0 amide bonds. The van der Waals surface area contributed by atoms with E-state index in [9.17, 15) is 19.2 Å². The Balaban J connectivity index is 2.33. The van der Waals surface area contributed by atoms with E-state index in [-0.39, 0.29) is 24.3 Å². The lowest BCUT2D eigenvalue weighted by molar-refractivity contribution is -0.142. The van der Waals surface area contributed by atoms with Gasteiger partial charge in [-0.1, -0.05) is 36.4 Å². The predicted octanol–water partition coefficient (Wildman–Crippen LogP) is 3.59. The van der Waals surface area contributed by atoms with Gasteiger partial charge in [0.25, 0.3) is 0 Å². The van der Waals surface area contributed by atoms with Crippen molar-refractivity contribution in [2.75, 3.05) is 13.2 Å². The summed E-state index contributed by atoms with van der Waals surface area (Å²) in [7, 11) is 0. The predicted molar refractivity (Wildman–Crippen MR) is 113 cm³/mol. The SMILES string of the molecule is CCOC(=O)/C(=C/C=C(/OC(=O)c1ccccc1)C(=O)OCC)OC(=O)c1ccccc1. The number of esters is 4. The molecule has 0 aliphatic carbocycles. The Morgan fingerprint density at radius 2 is 0.969 bits per heavy atom. The van der Waals surface area contributed by atoms with Crippen LogP contribution in [0.3, 0.4) is 0 Å². The van der Waals surface area contributed by atoms with E-state index in [1.165, 1.54) is 24.3 Å². The van der Waals surface area contributed by atoms with Crippen molar-refractivity contribution in [3.05, 3.63) is 95.5 Å². The first-order valence-corrected chi connectivity index (χ1v) is 9.76. The molecule has 32 heavy (non-hydrogen) atoms. The van der Waals surface area contributed by atoms with Gasteiger partial charge in [-0.25, -0.2) is 19.2 Å². The van der Waals surface area contributed by atoms with Gasteiger partial charge >= 0.3 is 23.9 Å². The highest BCUT2D eigenvalue weighted by Crippen LogP contribution is 2.12. The van der Waals surface area contributed by atoms with E-state index in [2.05, 4.69) is 0 Å². The molecule has 0 aliphatic heterocycles. The third-order valence-electron chi connectivity index (χ3n) is 3.76. The Bertz CT molecular complexity index is 923. The van der Waals surface area contributed by atoms with Crippen molar-refractivity contribution in [1.82, 2.24) is 0 Å². The van der Waals surface area contributed by atoms with Crippen molar-refractivity contribution in [1.29, 1.82) is 0 Å². The molecule has 2 rings (SSSR count). The van der Waals surface area contributed by atoms with E-state index in [1.54, 1.807) is 50.2 Å². The summed E-state index contributed by atoms with van der Waals surface area (Å²) in [5.41, 5.74) is 0.403. The fourth-order valence-electron chi connectivity index (χ4n) is 2.31. The summed E-state index contributed by atoms with van der Waals surface area (Å²) < 4.78 is 20.1. The van der Waals surface area contributed by atoms with Crippen LogP contribution in [0.1, 0.15) is 34.6 Å². The molecule has 0 saturated carbocycles. The van der Waals surface area contributed by atoms with Gasteiger partial charge in [0.2, 0.25) is 11.5 Å². The molecule has 166 valence electrons. The van der Waals surface area contributed by atoms with Crippen molar-refractivity contribution in [3.63, 3.8) is 0 Å². The third kappa shape index (κ3) is 7.24. The monoisotopic (exact) mass is 438 g/mol. The molecule has 0 fully saturated rings. The molecular formula is C24H22O8. The van der Waals surface area contributed by atoms with Crippen molar-refractivity contribution < 1.29 is 38.1 Å². The third-order valence-corrected chi connectivity index (χ3v) is 3.76. The zero-order chi connectivity index (χ0) is 23.3. The van der Waals surface area contributed by atoms with Crippen molar-refractivity contribution in [3.8, 4) is 0 Å². The summed E-state index contributed by atoms with van der Waals surface area (Å²) in [5, 5.41) is 0. The summed E-state index contributed by atoms with van der Waals surface area (Å²) in [6.45, 7) is 3.21. The minimum Gasteiger partial charge on any atom is -0.460 e. The van der Waals surface area contributed by atoms with Crippen molar-refractivity contribution >= 4 is 23.9 Å². The minimum atomic E-state index is -0.939. The quantitative estimate of drug-likeness (QED) is 0.192. The van der Waals surface area contributed by atoms with Gasteiger partial charge in [-0.2, -0.15) is 0 Å². The largest absolute Gasteiger partial charge is 0.460 e. The molecule has 2 aromatic rings. The first kappa shape index (κ1) is 24.1. The number of allylic oxidation sites excluding steroid dienone is 2. The molecular weight excluding hydrogens is 416 g/mol. The van der Waals surface area contributed by atoms with Crippen LogP contribution < -0.4 is 0 Å². The molecule has 8 heteroatoms. The van der Waals surface area contributed by atoms with Gasteiger partial charge in [0.1, 0.15) is 0 Å². The second-order valence-corrected chi connectivity index (χ2v) is 6.01. The molecule has 0 atom stereocenters. The highest BCUT2D eigenvalue weighted by Gasteiger charge is 2.21. The smallest absolute Gasteiger partial charge is 0.374 e. The van der Waals surface area contributed by atoms with Crippen LogP contribution in [0.2, 0.25) is 0 Å². The van der Waals surface area contributed by atoms with Crippen molar-refractivity contribution in [2.24, 2.45) is 0 Å². The van der Waals surface area contributed by atoms with Crippen LogP contribution in [0.25, 0.3) is 0 Å². The molecule has 0 unspecified atom stereocenters. The van der Waals surface area contributed by atoms with Crippen LogP contribution in [0, 0.1) is 0 Å². The van der Waals surface area contributed by atoms with Crippen molar-refractivity contribution in [2.45, 2.75) is 13.8 Å². The molecule has 0 heterocycles. The maximum atomic E-state index is 12.3. The number of carbonyl (C=O) groups excluding carboxylic acids is 4. The molecule has 2 aromatic carbocycles. The zero-order valence-corrected chi connectivity index (χ0v) is 17.6. The van der Waals surface area contributed by atoms with Crippen LogP contribution in [-0.2, 0) is 28.5 Å². The Morgan fingerprint density at radius 3 is 1.28 bits per heavy atom. The minimum absolute atomic E-state index is 0.0243. The Labute approximate surface area is 185 Å². The van der Waals surface area contributed by atoms with E-state index >= 15 is 0 Å². The Kier molecular flexibility index (Phi) is 9.39. The number of carbonyl (C=O) groups is 4. The highest BCUT2D eigenvalue weighted by atomic mass is 16.6. The summed E-state index contributed by atoms with van der Waals surface area (Å²) in [6.07, 6.45) is 2.01. The van der Waals surface area contributed by atoms with E-state index in [0.29, 0.717) is 0 Å². The lowest BCUT2D eigenvalue weighted by Gasteiger charge is -2.09. The van der Waals surface area contributed by atoms with Gasteiger partial charge in [-0.3, -0.25) is 0 Å². The first-order valence-electron chi connectivity index (χ1n) is 9.76. The fourth-order valence-corrected chi connectivity index (χ4v) is 2.31. The molecule has 0 spiro atoms. The highest BCUT2D eigenvalue weighted by molar-refractivity contribution is 5.97. The van der Waals surface area contributed by atoms with Gasteiger partial charge in [-0.05, 0) is 50.3 Å². The summed E-state index contributed by atoms with van der Waals surface area (Å²) in [4.78, 5) is 49.2. The molecule has 0 N–H and O–H groups in total. The number of ether oxygens (including phenoxy) is 4. The Morgan fingerprint density at radius 1 is 0.625 bits per heavy atom. The van der Waals surface area contributed by atoms with Crippen LogP contribution in [0.15, 0.2) is 84.3 Å². The van der Waals surface area contributed by atoms with Crippen LogP contribution in [0.4, 0.5) is 0 Å². The molecule has 0 aliphatic rings. The van der Waals surface area contributed by atoms with Gasteiger partial charge < -0.3 is 18.9 Å². The second kappa shape index (κ2) is 12.5. The maximum Gasteiger partial charge on any atom is 0.374 e. The van der Waals surface area contributed by atoms with Gasteiger partial charge in [0.15, 0.2) is 0 Å². The summed E-state index contributed by atoms with van der Waals surface area (Å²) in [5.74, 6) is -4.50. The lowest BCUT2D eigenvalue weighted by Crippen LogP contribution is -2.16. The number of hydrogen-bond acceptors (Lipinski definition) is 8. The lowest BCUT2D eigenvalue weighted by atomic mass is 10.2. The molecule has 0 aromatic heterocycles. The van der Waals surface area contributed by atoms with Crippen LogP contribution in [0.5, 0.6) is 0 Å². The van der Waals surface area contributed by atoms with E-state index in [1.807, 2.05) is 0 Å². The normalized spacial score (nSPS) is 11.3. The summed E-state index contributed by atoms with van der Waals surface area (Å²) in [6, 6.07) is 16.0.